The molecule has 0 radical (unpaired) electrons. The molecule has 1 amide bonds. The van der Waals surface area contributed by atoms with E-state index in [9.17, 15) is 10.1 Å². The molecule has 146 valence electrons. The van der Waals surface area contributed by atoms with Crippen molar-refractivity contribution < 1.29 is 9.53 Å². The molecule has 2 aromatic heterocycles. The van der Waals surface area contributed by atoms with Crippen LogP contribution in [0.2, 0.25) is 0 Å². The molecule has 2 aliphatic rings. The number of ether oxygens (including phenoxy) is 1. The van der Waals surface area contributed by atoms with Crippen LogP contribution in [0.15, 0.2) is 18.3 Å². The maximum absolute atomic E-state index is 13.2. The maximum Gasteiger partial charge on any atom is 0.274 e. The SMILES string of the molecule is C[C@@H]1Cc2c(C(=O)N3CCN(c4ncccc4C#N)CC3)nn(C)c2[C@H](C)O1. The van der Waals surface area contributed by atoms with Gasteiger partial charge in [0.15, 0.2) is 5.69 Å². The standard InChI is InChI=1S/C20H24N6O2/c1-13-11-16-17(23-24(3)18(16)14(2)28-13)20(27)26-9-7-25(8-10-26)19-15(12-21)5-4-6-22-19/h4-6,13-14H,7-11H2,1-3H3/t13-,14+/m1/s1. The molecular formula is C20H24N6O2. The van der Waals surface area contributed by atoms with Crippen molar-refractivity contribution >= 4 is 11.7 Å². The molecule has 2 atom stereocenters. The number of amides is 1. The minimum atomic E-state index is -0.0665. The van der Waals surface area contributed by atoms with Crippen LogP contribution in [0.25, 0.3) is 0 Å². The lowest BCUT2D eigenvalue weighted by molar-refractivity contribution is -0.00906. The molecule has 0 saturated carbocycles. The quantitative estimate of drug-likeness (QED) is 0.788. The van der Waals surface area contributed by atoms with Crippen molar-refractivity contribution in [3.63, 3.8) is 0 Å². The summed E-state index contributed by atoms with van der Waals surface area (Å²) < 4.78 is 7.67. The van der Waals surface area contributed by atoms with Crippen LogP contribution in [-0.4, -0.2) is 57.9 Å². The first-order valence-electron chi connectivity index (χ1n) is 9.60. The molecule has 0 bridgehead atoms. The number of nitrogens with zero attached hydrogens (tertiary/aromatic N) is 6. The van der Waals surface area contributed by atoms with Gasteiger partial charge in [0.2, 0.25) is 0 Å². The number of pyridine rings is 1. The van der Waals surface area contributed by atoms with E-state index in [1.807, 2.05) is 25.8 Å². The topological polar surface area (TPSA) is 87.3 Å². The summed E-state index contributed by atoms with van der Waals surface area (Å²) in [7, 11) is 1.87. The Kier molecular flexibility index (Phi) is 4.77. The predicted molar refractivity (Wildman–Crippen MR) is 103 cm³/mol. The van der Waals surface area contributed by atoms with Crippen molar-refractivity contribution in [2.45, 2.75) is 32.5 Å². The van der Waals surface area contributed by atoms with Crippen LogP contribution in [0.5, 0.6) is 0 Å². The maximum atomic E-state index is 13.2. The number of anilines is 1. The van der Waals surface area contributed by atoms with E-state index in [0.717, 1.165) is 11.3 Å². The zero-order valence-electron chi connectivity index (χ0n) is 16.4. The highest BCUT2D eigenvalue weighted by molar-refractivity contribution is 5.94. The van der Waals surface area contributed by atoms with Gasteiger partial charge >= 0.3 is 0 Å². The minimum Gasteiger partial charge on any atom is -0.369 e. The van der Waals surface area contributed by atoms with Crippen LogP contribution in [0.3, 0.4) is 0 Å². The van der Waals surface area contributed by atoms with Gasteiger partial charge in [-0.25, -0.2) is 4.98 Å². The Morgan fingerprint density at radius 3 is 2.75 bits per heavy atom. The fourth-order valence-corrected chi connectivity index (χ4v) is 4.22. The van der Waals surface area contributed by atoms with Gasteiger partial charge in [0, 0.05) is 51.4 Å². The van der Waals surface area contributed by atoms with Crippen LogP contribution in [0, 0.1) is 11.3 Å². The van der Waals surface area contributed by atoms with Crippen molar-refractivity contribution in [1.82, 2.24) is 19.7 Å². The van der Waals surface area contributed by atoms with Crippen molar-refractivity contribution in [2.24, 2.45) is 7.05 Å². The number of nitriles is 1. The van der Waals surface area contributed by atoms with Gasteiger partial charge in [0.1, 0.15) is 11.9 Å². The molecule has 2 aromatic rings. The molecule has 0 aromatic carbocycles. The Labute approximate surface area is 164 Å². The van der Waals surface area contributed by atoms with Gasteiger partial charge in [-0.15, -0.1) is 0 Å². The van der Waals surface area contributed by atoms with Crippen molar-refractivity contribution in [3.05, 3.63) is 40.8 Å². The molecule has 0 N–H and O–H groups in total. The lowest BCUT2D eigenvalue weighted by Gasteiger charge is -2.35. The normalized spacial score (nSPS) is 21.9. The van der Waals surface area contributed by atoms with E-state index >= 15 is 0 Å². The summed E-state index contributed by atoms with van der Waals surface area (Å²) in [6.07, 6.45) is 2.40. The van der Waals surface area contributed by atoms with Gasteiger partial charge in [0.05, 0.1) is 23.5 Å². The third-order valence-corrected chi connectivity index (χ3v) is 5.48. The first kappa shape index (κ1) is 18.4. The van der Waals surface area contributed by atoms with Gasteiger partial charge in [-0.2, -0.15) is 10.4 Å². The third kappa shape index (κ3) is 3.12. The van der Waals surface area contributed by atoms with Crippen molar-refractivity contribution in [3.8, 4) is 6.07 Å². The van der Waals surface area contributed by atoms with Crippen LogP contribution < -0.4 is 4.90 Å². The molecular weight excluding hydrogens is 356 g/mol. The fourth-order valence-electron chi connectivity index (χ4n) is 4.22. The van der Waals surface area contributed by atoms with Crippen LogP contribution in [0.1, 0.15) is 47.3 Å². The Balaban J connectivity index is 1.51. The number of rotatable bonds is 2. The molecule has 28 heavy (non-hydrogen) atoms. The summed E-state index contributed by atoms with van der Waals surface area (Å²) in [5.74, 6) is 0.659. The first-order valence-corrected chi connectivity index (χ1v) is 9.60. The number of carbonyl (C=O) groups excluding carboxylic acids is 1. The van der Waals surface area contributed by atoms with E-state index in [4.69, 9.17) is 4.74 Å². The Morgan fingerprint density at radius 2 is 2.04 bits per heavy atom. The van der Waals surface area contributed by atoms with Gasteiger partial charge in [-0.05, 0) is 26.0 Å². The molecule has 0 unspecified atom stereocenters. The lowest BCUT2D eigenvalue weighted by Crippen LogP contribution is -2.49. The largest absolute Gasteiger partial charge is 0.369 e. The number of carbonyl (C=O) groups is 1. The molecule has 8 nitrogen and oxygen atoms in total. The zero-order chi connectivity index (χ0) is 19.8. The van der Waals surface area contributed by atoms with Gasteiger partial charge < -0.3 is 14.5 Å². The molecule has 8 heteroatoms. The van der Waals surface area contributed by atoms with E-state index in [1.54, 1.807) is 23.0 Å². The number of aromatic nitrogens is 3. The highest BCUT2D eigenvalue weighted by atomic mass is 16.5. The van der Waals surface area contributed by atoms with E-state index in [0.29, 0.717) is 49.7 Å². The number of fused-ring (bicyclic) bond motifs is 1. The second-order valence-corrected chi connectivity index (χ2v) is 7.39. The fraction of sp³-hybridized carbons (Fsp3) is 0.500. The molecule has 4 heterocycles. The summed E-state index contributed by atoms with van der Waals surface area (Å²) >= 11 is 0. The van der Waals surface area contributed by atoms with E-state index in [2.05, 4.69) is 21.1 Å². The molecule has 4 rings (SSSR count). The zero-order valence-corrected chi connectivity index (χ0v) is 16.4. The van der Waals surface area contributed by atoms with Gasteiger partial charge in [0.25, 0.3) is 5.91 Å². The lowest BCUT2D eigenvalue weighted by atomic mass is 9.99. The molecule has 1 fully saturated rings. The summed E-state index contributed by atoms with van der Waals surface area (Å²) in [5, 5.41) is 13.8. The predicted octanol–water partition coefficient (Wildman–Crippen LogP) is 1.67. The Morgan fingerprint density at radius 1 is 1.29 bits per heavy atom. The van der Waals surface area contributed by atoms with Crippen LogP contribution in [0.4, 0.5) is 5.82 Å². The third-order valence-electron chi connectivity index (χ3n) is 5.48. The average Bonchev–Trinajstić information content (AvgIpc) is 3.04. The minimum absolute atomic E-state index is 0.0284. The first-order chi connectivity index (χ1) is 13.5. The number of piperazine rings is 1. The second-order valence-electron chi connectivity index (χ2n) is 7.39. The molecule has 0 spiro atoms. The van der Waals surface area contributed by atoms with E-state index in [1.165, 1.54) is 0 Å². The van der Waals surface area contributed by atoms with Crippen LogP contribution in [-0.2, 0) is 18.2 Å². The van der Waals surface area contributed by atoms with Crippen molar-refractivity contribution in [2.75, 3.05) is 31.1 Å². The molecule has 0 aliphatic carbocycles. The van der Waals surface area contributed by atoms with E-state index in [-0.39, 0.29) is 18.1 Å². The molecule has 2 aliphatic heterocycles. The van der Waals surface area contributed by atoms with Crippen LogP contribution >= 0.6 is 0 Å². The van der Waals surface area contributed by atoms with Crippen molar-refractivity contribution in [1.29, 1.82) is 5.26 Å². The highest BCUT2D eigenvalue weighted by Gasteiger charge is 2.34. The molecule has 1 saturated heterocycles. The monoisotopic (exact) mass is 380 g/mol. The number of hydrogen-bond acceptors (Lipinski definition) is 6. The van der Waals surface area contributed by atoms with Gasteiger partial charge in [-0.3, -0.25) is 9.48 Å². The summed E-state index contributed by atoms with van der Waals surface area (Å²) in [5.41, 5.74) is 3.11. The van der Waals surface area contributed by atoms with Gasteiger partial charge in [-0.1, -0.05) is 0 Å². The summed E-state index contributed by atoms with van der Waals surface area (Å²) in [6, 6.07) is 5.72. The highest BCUT2D eigenvalue weighted by Crippen LogP contribution is 2.32. The summed E-state index contributed by atoms with van der Waals surface area (Å²) in [6.45, 7) is 6.47. The summed E-state index contributed by atoms with van der Waals surface area (Å²) in [4.78, 5) is 21.4. The number of hydrogen-bond donors (Lipinski definition) is 0. The second kappa shape index (κ2) is 7.24. The average molecular weight is 380 g/mol. The Bertz CT molecular complexity index is 939. The smallest absolute Gasteiger partial charge is 0.274 e. The number of aryl methyl sites for hydroxylation is 1. The van der Waals surface area contributed by atoms with E-state index < -0.39 is 0 Å². The Hall–Kier alpha value is -2.92.